The van der Waals surface area contributed by atoms with Crippen LogP contribution in [0.5, 0.6) is 0 Å². The average molecular weight is 337 g/mol. The van der Waals surface area contributed by atoms with Gasteiger partial charge in [0, 0.05) is 0 Å². The molecule has 12 heavy (non-hydrogen) atoms. The molecule has 0 atom stereocenters. The first kappa shape index (κ1) is 10.3. The van der Waals surface area contributed by atoms with Crippen LogP contribution in [0.15, 0.2) is 22.2 Å². The second-order valence-electron chi connectivity index (χ2n) is 3.73. The molecule has 1 rings (SSSR count). The Kier molecular flexibility index (Phi) is 3.77. The van der Waals surface area contributed by atoms with Gasteiger partial charge in [-0.1, -0.05) is 0 Å². The number of hydrogen-bond acceptors (Lipinski definition) is 0. The van der Waals surface area contributed by atoms with E-state index in [1.807, 2.05) is 3.96 Å². The van der Waals surface area contributed by atoms with Gasteiger partial charge in [-0.15, -0.1) is 0 Å². The van der Waals surface area contributed by atoms with Crippen molar-refractivity contribution in [1.29, 1.82) is 0 Å². The van der Waals surface area contributed by atoms with Gasteiger partial charge >= 0.3 is 82.2 Å². The third-order valence-corrected chi connectivity index (χ3v) is 12.6. The maximum atomic E-state index is 2.41. The molecule has 0 radical (unpaired) electrons. The summed E-state index contributed by atoms with van der Waals surface area (Å²) >= 11 is -1.20. The molecule has 0 saturated heterocycles. The molecule has 0 fully saturated rings. The molecular weight excluding hydrogens is 316 g/mol. The fourth-order valence-electron chi connectivity index (χ4n) is 1.75. The first-order chi connectivity index (χ1) is 5.63. The van der Waals surface area contributed by atoms with Crippen LogP contribution in [0.2, 0.25) is 8.62 Å². The normalized spacial score (nSPS) is 16.0. The standard InChI is InChI=1S/C5H5.2C3H7.W.2H/c1-2-4-5-3-1;2*1-3-2;;;/h1-3H,4H2;2*3H,1-2H3;;;/q;;;+2;2*-1. The molecule has 1 aliphatic rings. The van der Waals surface area contributed by atoms with Gasteiger partial charge in [-0.25, -0.2) is 0 Å². The largest absolute Gasteiger partial charge is 1.00 e. The average Bonchev–Trinajstić information content (AvgIpc) is 2.37. The Hall–Kier alpha value is 0.168. The molecule has 0 amide bonds. The summed E-state index contributed by atoms with van der Waals surface area (Å²) in [6.45, 7) is 9.64. The van der Waals surface area contributed by atoms with E-state index in [2.05, 4.69) is 45.9 Å². The topological polar surface area (TPSA) is 0 Å². The molecule has 0 bridgehead atoms. The summed E-state index contributed by atoms with van der Waals surface area (Å²) in [7, 11) is 0. The van der Waals surface area contributed by atoms with Crippen LogP contribution >= 0.6 is 0 Å². The van der Waals surface area contributed by atoms with Gasteiger partial charge < -0.3 is 2.85 Å². The summed E-state index contributed by atoms with van der Waals surface area (Å²) in [5.41, 5.74) is 0. The Bertz CT molecular complexity index is 199. The molecule has 0 spiro atoms. The fraction of sp³-hybridized carbons (Fsp3) is 0.636. The molecule has 71 valence electrons. The molecule has 0 unspecified atom stereocenters. The van der Waals surface area contributed by atoms with Crippen LogP contribution < -0.4 is 0 Å². The molecule has 0 aliphatic heterocycles. The summed E-state index contributed by atoms with van der Waals surface area (Å²) < 4.78 is 3.76. The van der Waals surface area contributed by atoms with Crippen molar-refractivity contribution < 1.29 is 20.2 Å². The van der Waals surface area contributed by atoms with Gasteiger partial charge in [0.05, 0.1) is 0 Å². The Labute approximate surface area is 85.3 Å². The molecule has 0 heterocycles. The van der Waals surface area contributed by atoms with Crippen LogP contribution in [0.3, 0.4) is 0 Å². The van der Waals surface area contributed by atoms with E-state index >= 15 is 0 Å². The number of hydrogen-bond donors (Lipinski definition) is 0. The van der Waals surface area contributed by atoms with Crippen molar-refractivity contribution in [3.05, 3.63) is 22.2 Å². The quantitative estimate of drug-likeness (QED) is 0.719. The van der Waals surface area contributed by atoms with E-state index in [0.717, 1.165) is 8.62 Å². The van der Waals surface area contributed by atoms with Crippen molar-refractivity contribution in [3.8, 4) is 0 Å². The van der Waals surface area contributed by atoms with Crippen LogP contribution in [0.25, 0.3) is 0 Å². The molecule has 1 heteroatoms. The van der Waals surface area contributed by atoms with Gasteiger partial charge in [0.15, 0.2) is 0 Å². The summed E-state index contributed by atoms with van der Waals surface area (Å²) in [6.07, 6.45) is 8.19. The summed E-state index contributed by atoms with van der Waals surface area (Å²) in [6, 6.07) is 0. The summed E-state index contributed by atoms with van der Waals surface area (Å²) in [4.78, 5) is 0. The van der Waals surface area contributed by atoms with Gasteiger partial charge in [-0.05, 0) is 0 Å². The van der Waals surface area contributed by atoms with Gasteiger partial charge in [0.2, 0.25) is 0 Å². The molecule has 1 aliphatic carbocycles. The van der Waals surface area contributed by atoms with Crippen molar-refractivity contribution >= 4 is 0 Å². The number of allylic oxidation sites excluding steroid dienone is 4. The molecule has 0 N–H and O–H groups in total. The van der Waals surface area contributed by atoms with E-state index in [0.29, 0.717) is 0 Å². The fourth-order valence-corrected chi connectivity index (χ4v) is 11.9. The van der Waals surface area contributed by atoms with Crippen LogP contribution in [0.4, 0.5) is 0 Å². The molecule has 0 nitrogen and oxygen atoms in total. The van der Waals surface area contributed by atoms with Crippen molar-refractivity contribution in [2.75, 3.05) is 0 Å². The third kappa shape index (κ3) is 2.33. The molecule has 0 aromatic heterocycles. The second-order valence-corrected chi connectivity index (χ2v) is 15.1. The van der Waals surface area contributed by atoms with Gasteiger partial charge in [-0.3, -0.25) is 0 Å². The predicted molar refractivity (Wildman–Crippen MR) is 54.3 cm³/mol. The molecule has 0 saturated carbocycles. The van der Waals surface area contributed by atoms with Crippen molar-refractivity contribution in [1.82, 2.24) is 0 Å². The monoisotopic (exact) mass is 337 g/mol. The molecular formula is C11H21W. The minimum Gasteiger partial charge on any atom is -1.00 e. The summed E-state index contributed by atoms with van der Waals surface area (Å²) in [5, 5.41) is 0. The van der Waals surface area contributed by atoms with Gasteiger partial charge in [-0.2, -0.15) is 0 Å². The first-order valence-electron chi connectivity index (χ1n) is 4.70. The summed E-state index contributed by atoms with van der Waals surface area (Å²) in [5.74, 6) is 0. The Morgan fingerprint density at radius 2 is 1.83 bits per heavy atom. The van der Waals surface area contributed by atoms with E-state index in [1.165, 1.54) is 6.42 Å². The minimum absolute atomic E-state index is 0. The van der Waals surface area contributed by atoms with Gasteiger partial charge in [0.1, 0.15) is 0 Å². The van der Waals surface area contributed by atoms with Crippen LogP contribution in [0.1, 0.15) is 37.0 Å². The smallest absolute Gasteiger partial charge is 1.00 e. The van der Waals surface area contributed by atoms with Crippen molar-refractivity contribution in [2.45, 2.75) is 42.7 Å². The molecule has 0 aromatic carbocycles. The van der Waals surface area contributed by atoms with E-state index < -0.39 is 17.3 Å². The van der Waals surface area contributed by atoms with Crippen molar-refractivity contribution in [2.24, 2.45) is 0 Å². The van der Waals surface area contributed by atoms with E-state index in [4.69, 9.17) is 0 Å². The zero-order chi connectivity index (χ0) is 9.14. The SMILES string of the molecule is C[CH](C)[W+2]([C]1=CC=CC1)[CH](C)C.[H-].[H-]. The zero-order valence-electron chi connectivity index (χ0n) is 10.5. The minimum atomic E-state index is -1.20. The van der Waals surface area contributed by atoms with Crippen LogP contribution in [0, 0.1) is 0 Å². The van der Waals surface area contributed by atoms with E-state index in [9.17, 15) is 0 Å². The Morgan fingerprint density at radius 1 is 1.25 bits per heavy atom. The zero-order valence-corrected chi connectivity index (χ0v) is 11.4. The Balaban J connectivity index is 0. The Morgan fingerprint density at radius 3 is 2.17 bits per heavy atom. The van der Waals surface area contributed by atoms with Crippen molar-refractivity contribution in [3.63, 3.8) is 0 Å². The van der Waals surface area contributed by atoms with Gasteiger partial charge in [0.25, 0.3) is 0 Å². The van der Waals surface area contributed by atoms with E-state index in [-0.39, 0.29) is 2.85 Å². The number of rotatable bonds is 3. The third-order valence-electron chi connectivity index (χ3n) is 2.06. The molecule has 0 aromatic rings. The maximum absolute atomic E-state index is 2.41. The van der Waals surface area contributed by atoms with E-state index in [1.54, 1.807) is 0 Å². The first-order valence-corrected chi connectivity index (χ1v) is 9.56. The predicted octanol–water partition coefficient (Wildman–Crippen LogP) is 4.33. The van der Waals surface area contributed by atoms with Crippen LogP contribution in [-0.4, -0.2) is 0 Å². The second kappa shape index (κ2) is 4.42. The maximum Gasteiger partial charge on any atom is -1.00 e. The van der Waals surface area contributed by atoms with Crippen LogP contribution in [-0.2, 0) is 17.3 Å².